The van der Waals surface area contributed by atoms with E-state index in [4.69, 9.17) is 14.2 Å². The fraction of sp³-hybridized carbons (Fsp3) is 0.889. The molecule has 0 aliphatic rings. The molecular formula is C9H20O5. The summed E-state index contributed by atoms with van der Waals surface area (Å²) in [5.74, 6) is -0.282. The maximum Gasteiger partial charge on any atom is 0.302 e. The Morgan fingerprint density at radius 1 is 1.21 bits per heavy atom. The summed E-state index contributed by atoms with van der Waals surface area (Å²) in [4.78, 5) is 10.4. The van der Waals surface area contributed by atoms with Crippen LogP contribution in [-0.4, -0.2) is 44.0 Å². The molecule has 2 unspecified atom stereocenters. The van der Waals surface area contributed by atoms with E-state index in [1.807, 2.05) is 13.8 Å². The summed E-state index contributed by atoms with van der Waals surface area (Å²) in [6, 6.07) is 0. The zero-order valence-corrected chi connectivity index (χ0v) is 9.20. The highest BCUT2D eigenvalue weighted by molar-refractivity contribution is 5.65. The van der Waals surface area contributed by atoms with E-state index >= 15 is 0 Å². The summed E-state index contributed by atoms with van der Waals surface area (Å²) < 4.78 is 15.1. The van der Waals surface area contributed by atoms with Crippen molar-refractivity contribution in [3.8, 4) is 0 Å². The molecule has 0 aromatic rings. The summed E-state index contributed by atoms with van der Waals surface area (Å²) in [6.45, 7) is 5.96. The lowest BCUT2D eigenvalue weighted by molar-refractivity contribution is -0.145. The second-order valence-electron chi connectivity index (χ2n) is 2.99. The molecule has 0 saturated carbocycles. The first-order chi connectivity index (χ1) is 6.06. The molecular weight excluding hydrogens is 188 g/mol. The molecule has 0 aliphatic carbocycles. The zero-order valence-electron chi connectivity index (χ0n) is 9.20. The minimum atomic E-state index is -0.282. The minimum absolute atomic E-state index is 0. The van der Waals surface area contributed by atoms with E-state index in [0.717, 1.165) is 0 Å². The van der Waals surface area contributed by atoms with Crippen LogP contribution in [0.15, 0.2) is 0 Å². The predicted molar refractivity (Wildman–Crippen MR) is 52.1 cm³/mol. The van der Waals surface area contributed by atoms with Gasteiger partial charge in [0.05, 0.1) is 18.8 Å². The van der Waals surface area contributed by atoms with Gasteiger partial charge >= 0.3 is 5.97 Å². The van der Waals surface area contributed by atoms with Gasteiger partial charge in [-0.2, -0.15) is 0 Å². The van der Waals surface area contributed by atoms with Gasteiger partial charge in [-0.3, -0.25) is 4.79 Å². The summed E-state index contributed by atoms with van der Waals surface area (Å²) in [7, 11) is 1.63. The Balaban J connectivity index is 0. The number of hydrogen-bond donors (Lipinski definition) is 0. The zero-order chi connectivity index (χ0) is 10.3. The van der Waals surface area contributed by atoms with Gasteiger partial charge in [-0.05, 0) is 13.8 Å². The van der Waals surface area contributed by atoms with Crippen molar-refractivity contribution in [2.45, 2.75) is 33.0 Å². The second-order valence-corrected chi connectivity index (χ2v) is 2.99. The van der Waals surface area contributed by atoms with E-state index in [0.29, 0.717) is 13.2 Å². The Labute approximate surface area is 84.6 Å². The number of hydrogen-bond acceptors (Lipinski definition) is 4. The minimum Gasteiger partial charge on any atom is -0.463 e. The third kappa shape index (κ3) is 9.44. The largest absolute Gasteiger partial charge is 0.463 e. The van der Waals surface area contributed by atoms with Gasteiger partial charge < -0.3 is 19.7 Å². The van der Waals surface area contributed by atoms with Crippen molar-refractivity contribution in [2.75, 3.05) is 20.3 Å². The molecule has 2 atom stereocenters. The van der Waals surface area contributed by atoms with Crippen LogP contribution in [0.1, 0.15) is 20.8 Å². The van der Waals surface area contributed by atoms with Gasteiger partial charge in [0.25, 0.3) is 0 Å². The molecule has 2 N–H and O–H groups in total. The molecule has 0 spiro atoms. The highest BCUT2D eigenvalue weighted by Crippen LogP contribution is 1.96. The smallest absolute Gasteiger partial charge is 0.302 e. The third-order valence-electron chi connectivity index (χ3n) is 1.54. The molecule has 0 fully saturated rings. The maximum atomic E-state index is 10.4. The van der Waals surface area contributed by atoms with Gasteiger partial charge in [0.1, 0.15) is 6.61 Å². The van der Waals surface area contributed by atoms with Crippen LogP contribution in [0.2, 0.25) is 0 Å². The SMILES string of the molecule is COC(C)COC(C)COC(C)=O.O. The van der Waals surface area contributed by atoms with Gasteiger partial charge in [0.15, 0.2) is 0 Å². The van der Waals surface area contributed by atoms with Crippen molar-refractivity contribution >= 4 is 5.97 Å². The van der Waals surface area contributed by atoms with Crippen molar-refractivity contribution < 1.29 is 24.5 Å². The number of esters is 1. The fourth-order valence-electron chi connectivity index (χ4n) is 0.651. The van der Waals surface area contributed by atoms with Gasteiger partial charge in [-0.1, -0.05) is 0 Å². The summed E-state index contributed by atoms with van der Waals surface area (Å²) in [5.41, 5.74) is 0. The van der Waals surface area contributed by atoms with Gasteiger partial charge in [-0.25, -0.2) is 0 Å². The molecule has 0 heterocycles. The van der Waals surface area contributed by atoms with E-state index in [1.165, 1.54) is 6.92 Å². The number of carbonyl (C=O) groups is 1. The van der Waals surface area contributed by atoms with E-state index in [9.17, 15) is 4.79 Å². The molecule has 0 bridgehead atoms. The average Bonchev–Trinajstić information content (AvgIpc) is 2.10. The Morgan fingerprint density at radius 3 is 2.21 bits per heavy atom. The first-order valence-corrected chi connectivity index (χ1v) is 4.34. The Kier molecular flexibility index (Phi) is 10.1. The second kappa shape index (κ2) is 8.93. The monoisotopic (exact) mass is 208 g/mol. The van der Waals surface area contributed by atoms with E-state index in [2.05, 4.69) is 0 Å². The molecule has 0 amide bonds. The molecule has 0 aromatic heterocycles. The highest BCUT2D eigenvalue weighted by Gasteiger charge is 2.06. The van der Waals surface area contributed by atoms with Gasteiger partial charge in [0, 0.05) is 14.0 Å². The predicted octanol–water partition coefficient (Wildman–Crippen LogP) is 0.165. The van der Waals surface area contributed by atoms with E-state index < -0.39 is 0 Å². The van der Waals surface area contributed by atoms with Crippen molar-refractivity contribution in [3.63, 3.8) is 0 Å². The van der Waals surface area contributed by atoms with Crippen LogP contribution >= 0.6 is 0 Å². The Morgan fingerprint density at radius 2 is 1.79 bits per heavy atom. The van der Waals surface area contributed by atoms with E-state index in [1.54, 1.807) is 7.11 Å². The standard InChI is InChI=1S/C9H18O4.H2O/c1-7(11-4)5-12-8(2)6-13-9(3)10;/h7-8H,5-6H2,1-4H3;1H2. The molecule has 5 heteroatoms. The lowest BCUT2D eigenvalue weighted by Crippen LogP contribution is -2.23. The summed E-state index contributed by atoms with van der Waals surface area (Å²) in [5, 5.41) is 0. The molecule has 0 aromatic carbocycles. The topological polar surface area (TPSA) is 76.3 Å². The molecule has 0 saturated heterocycles. The number of carbonyl (C=O) groups excluding carboxylic acids is 1. The van der Waals surface area contributed by atoms with Crippen LogP contribution in [0.4, 0.5) is 0 Å². The number of rotatable bonds is 6. The van der Waals surface area contributed by atoms with Crippen molar-refractivity contribution in [2.24, 2.45) is 0 Å². The van der Waals surface area contributed by atoms with Crippen LogP contribution in [0.3, 0.4) is 0 Å². The van der Waals surface area contributed by atoms with Crippen molar-refractivity contribution in [1.29, 1.82) is 0 Å². The Hall–Kier alpha value is -0.650. The first-order valence-electron chi connectivity index (χ1n) is 4.34. The summed E-state index contributed by atoms with van der Waals surface area (Å²) >= 11 is 0. The number of ether oxygens (including phenoxy) is 3. The first kappa shape index (κ1) is 15.8. The Bertz CT molecular complexity index is 148. The quantitative estimate of drug-likeness (QED) is 0.583. The average molecular weight is 208 g/mol. The lowest BCUT2D eigenvalue weighted by atomic mass is 10.4. The fourth-order valence-corrected chi connectivity index (χ4v) is 0.651. The molecule has 0 aliphatic heterocycles. The summed E-state index contributed by atoms with van der Waals surface area (Å²) in [6.07, 6.45) is -0.0127. The molecule has 0 radical (unpaired) electrons. The number of methoxy groups -OCH3 is 1. The van der Waals surface area contributed by atoms with Gasteiger partial charge in [-0.15, -0.1) is 0 Å². The molecule has 5 nitrogen and oxygen atoms in total. The van der Waals surface area contributed by atoms with E-state index in [-0.39, 0.29) is 23.7 Å². The van der Waals surface area contributed by atoms with Crippen LogP contribution in [0.5, 0.6) is 0 Å². The third-order valence-corrected chi connectivity index (χ3v) is 1.54. The van der Waals surface area contributed by atoms with Crippen LogP contribution in [-0.2, 0) is 19.0 Å². The van der Waals surface area contributed by atoms with Gasteiger partial charge in [0.2, 0.25) is 0 Å². The van der Waals surface area contributed by atoms with Crippen molar-refractivity contribution in [3.05, 3.63) is 0 Å². The lowest BCUT2D eigenvalue weighted by Gasteiger charge is -2.15. The van der Waals surface area contributed by atoms with Crippen molar-refractivity contribution in [1.82, 2.24) is 0 Å². The normalized spacial score (nSPS) is 14.0. The molecule has 86 valence electrons. The molecule has 0 rings (SSSR count). The van der Waals surface area contributed by atoms with Crippen LogP contribution < -0.4 is 0 Å². The molecule has 14 heavy (non-hydrogen) atoms. The maximum absolute atomic E-state index is 10.4. The van der Waals surface area contributed by atoms with Crippen LogP contribution in [0, 0.1) is 0 Å². The highest BCUT2D eigenvalue weighted by atomic mass is 16.6. The van der Waals surface area contributed by atoms with Crippen LogP contribution in [0.25, 0.3) is 0 Å².